The van der Waals surface area contributed by atoms with E-state index in [2.05, 4.69) is 5.10 Å². The van der Waals surface area contributed by atoms with Crippen LogP contribution < -0.4 is 4.74 Å². The summed E-state index contributed by atoms with van der Waals surface area (Å²) in [5, 5.41) is 13.3. The van der Waals surface area contributed by atoms with Crippen LogP contribution in [0.2, 0.25) is 0 Å². The summed E-state index contributed by atoms with van der Waals surface area (Å²) in [5.41, 5.74) is 0. The lowest BCUT2D eigenvalue weighted by Gasteiger charge is -2.02. The van der Waals surface area contributed by atoms with Gasteiger partial charge in [-0.2, -0.15) is 5.10 Å². The number of nitrogens with zero attached hydrogens (tertiary/aromatic N) is 2. The molecule has 2 rings (SSSR count). The largest absolute Gasteiger partial charge is 0.508 e. The SMILES string of the molecule is CCn1cc(Oc2cccc(O)c2)cn1. The number of rotatable bonds is 3. The predicted molar refractivity (Wildman–Crippen MR) is 56.1 cm³/mol. The van der Waals surface area contributed by atoms with Crippen molar-refractivity contribution in [1.29, 1.82) is 0 Å². The van der Waals surface area contributed by atoms with Gasteiger partial charge in [0.05, 0.1) is 12.4 Å². The Morgan fingerprint density at radius 2 is 2.27 bits per heavy atom. The minimum atomic E-state index is 0.190. The van der Waals surface area contributed by atoms with E-state index >= 15 is 0 Å². The highest BCUT2D eigenvalue weighted by atomic mass is 16.5. The second-order valence-electron chi connectivity index (χ2n) is 3.13. The fourth-order valence-corrected chi connectivity index (χ4v) is 1.25. The van der Waals surface area contributed by atoms with E-state index in [9.17, 15) is 5.11 Å². The molecule has 1 aromatic heterocycles. The van der Waals surface area contributed by atoms with Crippen molar-refractivity contribution in [3.8, 4) is 17.2 Å². The van der Waals surface area contributed by atoms with Gasteiger partial charge < -0.3 is 9.84 Å². The van der Waals surface area contributed by atoms with Crippen molar-refractivity contribution < 1.29 is 9.84 Å². The molecule has 1 aromatic carbocycles. The standard InChI is InChI=1S/C11H12N2O2/c1-2-13-8-11(7-12-13)15-10-5-3-4-9(14)6-10/h3-8,14H,2H2,1H3. The number of ether oxygens (including phenoxy) is 1. The molecule has 4 nitrogen and oxygen atoms in total. The number of phenols is 1. The Morgan fingerprint density at radius 1 is 1.40 bits per heavy atom. The van der Waals surface area contributed by atoms with Crippen LogP contribution in [0.1, 0.15) is 6.92 Å². The Bertz CT molecular complexity index is 451. The maximum absolute atomic E-state index is 9.24. The first-order valence-electron chi connectivity index (χ1n) is 4.77. The average molecular weight is 204 g/mol. The van der Waals surface area contributed by atoms with E-state index in [1.54, 1.807) is 35.1 Å². The van der Waals surface area contributed by atoms with Gasteiger partial charge in [0.1, 0.15) is 11.5 Å². The van der Waals surface area contributed by atoms with Crippen LogP contribution in [0.5, 0.6) is 17.2 Å². The summed E-state index contributed by atoms with van der Waals surface area (Å²) >= 11 is 0. The first-order valence-corrected chi connectivity index (χ1v) is 4.77. The maximum atomic E-state index is 9.24. The molecular formula is C11H12N2O2. The highest BCUT2D eigenvalue weighted by Gasteiger charge is 2.00. The van der Waals surface area contributed by atoms with Crippen LogP contribution in [0.25, 0.3) is 0 Å². The van der Waals surface area contributed by atoms with E-state index in [1.807, 2.05) is 13.1 Å². The molecule has 0 fully saturated rings. The van der Waals surface area contributed by atoms with Crippen molar-refractivity contribution in [3.05, 3.63) is 36.7 Å². The molecule has 0 amide bonds. The molecule has 0 atom stereocenters. The van der Waals surface area contributed by atoms with Crippen molar-refractivity contribution in [2.24, 2.45) is 0 Å². The molecule has 15 heavy (non-hydrogen) atoms. The minimum Gasteiger partial charge on any atom is -0.508 e. The van der Waals surface area contributed by atoms with Gasteiger partial charge >= 0.3 is 0 Å². The Balaban J connectivity index is 2.14. The lowest BCUT2D eigenvalue weighted by atomic mass is 10.3. The Hall–Kier alpha value is -1.97. The number of hydrogen-bond acceptors (Lipinski definition) is 3. The molecule has 0 radical (unpaired) electrons. The molecule has 2 aromatic rings. The number of aromatic hydroxyl groups is 1. The summed E-state index contributed by atoms with van der Waals surface area (Å²) in [7, 11) is 0. The fourth-order valence-electron chi connectivity index (χ4n) is 1.25. The predicted octanol–water partition coefficient (Wildman–Crippen LogP) is 2.40. The van der Waals surface area contributed by atoms with Gasteiger partial charge in [-0.3, -0.25) is 4.68 Å². The molecule has 0 bridgehead atoms. The second kappa shape index (κ2) is 4.04. The number of hydrogen-bond donors (Lipinski definition) is 1. The summed E-state index contributed by atoms with van der Waals surface area (Å²) in [5.74, 6) is 1.46. The Kier molecular flexibility index (Phi) is 2.58. The lowest BCUT2D eigenvalue weighted by Crippen LogP contribution is -1.92. The van der Waals surface area contributed by atoms with Crippen LogP contribution in [0.3, 0.4) is 0 Å². The van der Waals surface area contributed by atoms with Gasteiger partial charge in [0.15, 0.2) is 5.75 Å². The van der Waals surface area contributed by atoms with Crippen LogP contribution in [0, 0.1) is 0 Å². The van der Waals surface area contributed by atoms with Crippen molar-refractivity contribution >= 4 is 0 Å². The zero-order valence-corrected chi connectivity index (χ0v) is 8.42. The van der Waals surface area contributed by atoms with Crippen LogP contribution in [-0.2, 0) is 6.54 Å². The van der Waals surface area contributed by atoms with E-state index in [0.717, 1.165) is 6.54 Å². The Morgan fingerprint density at radius 3 is 2.93 bits per heavy atom. The van der Waals surface area contributed by atoms with Crippen molar-refractivity contribution in [3.63, 3.8) is 0 Å². The molecular weight excluding hydrogens is 192 g/mol. The molecule has 0 aliphatic carbocycles. The topological polar surface area (TPSA) is 47.3 Å². The highest BCUT2D eigenvalue weighted by molar-refractivity contribution is 5.34. The van der Waals surface area contributed by atoms with Crippen molar-refractivity contribution in [1.82, 2.24) is 9.78 Å². The first-order chi connectivity index (χ1) is 7.28. The lowest BCUT2D eigenvalue weighted by molar-refractivity contribution is 0.454. The zero-order chi connectivity index (χ0) is 10.7. The van der Waals surface area contributed by atoms with Gasteiger partial charge in [-0.25, -0.2) is 0 Å². The smallest absolute Gasteiger partial charge is 0.165 e. The van der Waals surface area contributed by atoms with E-state index in [0.29, 0.717) is 11.5 Å². The molecule has 0 saturated carbocycles. The molecule has 0 saturated heterocycles. The third-order valence-electron chi connectivity index (χ3n) is 1.99. The van der Waals surface area contributed by atoms with Crippen LogP contribution in [-0.4, -0.2) is 14.9 Å². The van der Waals surface area contributed by atoms with Crippen LogP contribution >= 0.6 is 0 Å². The van der Waals surface area contributed by atoms with Gasteiger partial charge in [0.2, 0.25) is 0 Å². The average Bonchev–Trinajstić information content (AvgIpc) is 2.65. The highest BCUT2D eigenvalue weighted by Crippen LogP contribution is 2.23. The summed E-state index contributed by atoms with van der Waals surface area (Å²) in [6, 6.07) is 6.67. The van der Waals surface area contributed by atoms with Gasteiger partial charge in [-0.05, 0) is 19.1 Å². The van der Waals surface area contributed by atoms with Crippen LogP contribution in [0.15, 0.2) is 36.7 Å². The summed E-state index contributed by atoms with van der Waals surface area (Å²) in [6.45, 7) is 2.81. The molecule has 0 aliphatic heterocycles. The molecule has 1 N–H and O–H groups in total. The molecule has 0 unspecified atom stereocenters. The van der Waals surface area contributed by atoms with E-state index in [4.69, 9.17) is 4.74 Å². The van der Waals surface area contributed by atoms with Crippen molar-refractivity contribution in [2.75, 3.05) is 0 Å². The molecule has 4 heteroatoms. The van der Waals surface area contributed by atoms with Crippen molar-refractivity contribution in [2.45, 2.75) is 13.5 Å². The van der Waals surface area contributed by atoms with E-state index < -0.39 is 0 Å². The minimum absolute atomic E-state index is 0.190. The number of aryl methyl sites for hydroxylation is 1. The van der Waals surface area contributed by atoms with E-state index in [-0.39, 0.29) is 5.75 Å². The molecule has 0 spiro atoms. The summed E-state index contributed by atoms with van der Waals surface area (Å²) in [6.07, 6.45) is 3.46. The first kappa shape index (κ1) is 9.58. The number of aromatic nitrogens is 2. The normalized spacial score (nSPS) is 10.2. The molecule has 1 heterocycles. The molecule has 78 valence electrons. The van der Waals surface area contributed by atoms with E-state index in [1.165, 1.54) is 0 Å². The number of benzene rings is 1. The summed E-state index contributed by atoms with van der Waals surface area (Å²) < 4.78 is 7.27. The van der Waals surface area contributed by atoms with Gasteiger partial charge in [0, 0.05) is 12.6 Å². The monoisotopic (exact) mass is 204 g/mol. The van der Waals surface area contributed by atoms with Gasteiger partial charge in [-0.1, -0.05) is 6.07 Å². The third kappa shape index (κ3) is 2.28. The van der Waals surface area contributed by atoms with Gasteiger partial charge in [-0.15, -0.1) is 0 Å². The zero-order valence-electron chi connectivity index (χ0n) is 8.42. The second-order valence-corrected chi connectivity index (χ2v) is 3.13. The fraction of sp³-hybridized carbons (Fsp3) is 0.182. The number of phenolic OH excluding ortho intramolecular Hbond substituents is 1. The van der Waals surface area contributed by atoms with Crippen LogP contribution in [0.4, 0.5) is 0 Å². The quantitative estimate of drug-likeness (QED) is 0.835. The molecule has 0 aliphatic rings. The maximum Gasteiger partial charge on any atom is 0.165 e. The summed E-state index contributed by atoms with van der Waals surface area (Å²) in [4.78, 5) is 0. The Labute approximate surface area is 87.7 Å². The van der Waals surface area contributed by atoms with Gasteiger partial charge in [0.25, 0.3) is 0 Å². The third-order valence-corrected chi connectivity index (χ3v) is 1.99.